The molecule has 0 fully saturated rings. The van der Waals surface area contributed by atoms with Crippen LogP contribution in [0.25, 0.3) is 0 Å². The first-order chi connectivity index (χ1) is 9.04. The summed E-state index contributed by atoms with van der Waals surface area (Å²) in [5, 5.41) is 2.74. The fraction of sp³-hybridized carbons (Fsp3) is 0.308. The van der Waals surface area contributed by atoms with Crippen molar-refractivity contribution >= 4 is 23.4 Å². The molecular formula is C13H14F2N2OS. The summed E-state index contributed by atoms with van der Waals surface area (Å²) in [7, 11) is 0. The molecule has 0 aliphatic heterocycles. The maximum absolute atomic E-state index is 12.1. The molecule has 1 amide bonds. The van der Waals surface area contributed by atoms with Gasteiger partial charge < -0.3 is 11.1 Å². The van der Waals surface area contributed by atoms with Crippen LogP contribution in [0.5, 0.6) is 0 Å². The summed E-state index contributed by atoms with van der Waals surface area (Å²) in [4.78, 5) is 12.3. The van der Waals surface area contributed by atoms with Gasteiger partial charge in [-0.15, -0.1) is 0 Å². The molecule has 0 saturated heterocycles. The van der Waals surface area contributed by atoms with Gasteiger partial charge in [-0.05, 0) is 30.7 Å². The van der Waals surface area contributed by atoms with Crippen LogP contribution in [0.3, 0.4) is 0 Å². The van der Waals surface area contributed by atoms with Gasteiger partial charge in [-0.25, -0.2) is 0 Å². The van der Waals surface area contributed by atoms with Gasteiger partial charge in [0.15, 0.2) is 0 Å². The lowest BCUT2D eigenvalue weighted by Crippen LogP contribution is -2.23. The SMILES string of the molecule is NC1C=CC(C(=O)Nc2ccc(SC(F)F)cc2)C1. The van der Waals surface area contributed by atoms with Crippen molar-refractivity contribution in [3.63, 3.8) is 0 Å². The summed E-state index contributed by atoms with van der Waals surface area (Å²) >= 11 is 0.478. The molecule has 102 valence electrons. The molecule has 6 heteroatoms. The summed E-state index contributed by atoms with van der Waals surface area (Å²) in [6, 6.07) is 6.27. The largest absolute Gasteiger partial charge is 0.326 e. The summed E-state index contributed by atoms with van der Waals surface area (Å²) in [5.41, 5.74) is 6.28. The molecule has 0 bridgehead atoms. The Bertz CT molecular complexity index is 476. The first-order valence-corrected chi connectivity index (χ1v) is 6.72. The Kier molecular flexibility index (Phi) is 4.55. The molecule has 0 aromatic heterocycles. The minimum Gasteiger partial charge on any atom is -0.326 e. The third-order valence-corrected chi connectivity index (χ3v) is 3.52. The Morgan fingerprint density at radius 2 is 2.00 bits per heavy atom. The van der Waals surface area contributed by atoms with Crippen molar-refractivity contribution in [1.82, 2.24) is 0 Å². The smallest absolute Gasteiger partial charge is 0.288 e. The average molecular weight is 284 g/mol. The molecule has 0 saturated carbocycles. The highest BCUT2D eigenvalue weighted by Gasteiger charge is 2.22. The number of carbonyl (C=O) groups excluding carboxylic acids is 1. The monoisotopic (exact) mass is 284 g/mol. The third kappa shape index (κ3) is 4.04. The number of hydrogen-bond donors (Lipinski definition) is 2. The number of nitrogens with two attached hydrogens (primary N) is 1. The third-order valence-electron chi connectivity index (χ3n) is 2.80. The molecule has 0 spiro atoms. The molecular weight excluding hydrogens is 270 g/mol. The molecule has 3 N–H and O–H groups in total. The molecule has 0 radical (unpaired) electrons. The van der Waals surface area contributed by atoms with Crippen molar-refractivity contribution in [2.45, 2.75) is 23.1 Å². The minimum absolute atomic E-state index is 0.0689. The number of thioether (sulfide) groups is 1. The Hall–Kier alpha value is -1.40. The zero-order chi connectivity index (χ0) is 13.8. The highest BCUT2D eigenvalue weighted by atomic mass is 32.2. The van der Waals surface area contributed by atoms with Crippen molar-refractivity contribution < 1.29 is 13.6 Å². The van der Waals surface area contributed by atoms with E-state index in [1.807, 2.05) is 6.08 Å². The average Bonchev–Trinajstić information content (AvgIpc) is 2.78. The van der Waals surface area contributed by atoms with Gasteiger partial charge >= 0.3 is 0 Å². The quantitative estimate of drug-likeness (QED) is 0.660. The number of nitrogens with one attached hydrogen (secondary N) is 1. The van der Waals surface area contributed by atoms with E-state index in [0.717, 1.165) is 0 Å². The van der Waals surface area contributed by atoms with Crippen LogP contribution >= 0.6 is 11.8 Å². The number of anilines is 1. The predicted molar refractivity (Wildman–Crippen MR) is 72.2 cm³/mol. The lowest BCUT2D eigenvalue weighted by atomic mass is 10.1. The van der Waals surface area contributed by atoms with Gasteiger partial charge in [0.25, 0.3) is 5.76 Å². The van der Waals surface area contributed by atoms with E-state index in [4.69, 9.17) is 5.73 Å². The summed E-state index contributed by atoms with van der Waals surface area (Å²) in [6.45, 7) is 0. The van der Waals surface area contributed by atoms with Gasteiger partial charge in [0.05, 0.1) is 5.92 Å². The molecule has 2 unspecified atom stereocenters. The van der Waals surface area contributed by atoms with E-state index in [1.54, 1.807) is 30.3 Å². The van der Waals surface area contributed by atoms with Crippen molar-refractivity contribution in [2.24, 2.45) is 11.7 Å². The zero-order valence-corrected chi connectivity index (χ0v) is 10.9. The summed E-state index contributed by atoms with van der Waals surface area (Å²) in [5.74, 6) is -2.78. The Morgan fingerprint density at radius 3 is 2.53 bits per heavy atom. The molecule has 3 nitrogen and oxygen atoms in total. The highest BCUT2D eigenvalue weighted by molar-refractivity contribution is 7.99. The van der Waals surface area contributed by atoms with Crippen LogP contribution < -0.4 is 11.1 Å². The molecule has 2 atom stereocenters. The van der Waals surface area contributed by atoms with Crippen LogP contribution in [-0.4, -0.2) is 17.7 Å². The van der Waals surface area contributed by atoms with Gasteiger partial charge in [0, 0.05) is 16.6 Å². The van der Waals surface area contributed by atoms with Crippen molar-refractivity contribution in [3.8, 4) is 0 Å². The van der Waals surface area contributed by atoms with E-state index in [2.05, 4.69) is 5.32 Å². The predicted octanol–water partition coefficient (Wildman–Crippen LogP) is 2.84. The van der Waals surface area contributed by atoms with Crippen molar-refractivity contribution in [1.29, 1.82) is 0 Å². The van der Waals surface area contributed by atoms with E-state index < -0.39 is 5.76 Å². The van der Waals surface area contributed by atoms with Crippen LogP contribution in [0.4, 0.5) is 14.5 Å². The Balaban J connectivity index is 1.92. The van der Waals surface area contributed by atoms with E-state index in [-0.39, 0.29) is 17.9 Å². The van der Waals surface area contributed by atoms with Crippen molar-refractivity contribution in [3.05, 3.63) is 36.4 Å². The number of rotatable bonds is 4. The van der Waals surface area contributed by atoms with Crippen LogP contribution in [-0.2, 0) is 4.79 Å². The highest BCUT2D eigenvalue weighted by Crippen LogP contribution is 2.26. The van der Waals surface area contributed by atoms with E-state index >= 15 is 0 Å². The molecule has 19 heavy (non-hydrogen) atoms. The zero-order valence-electron chi connectivity index (χ0n) is 10.1. The first-order valence-electron chi connectivity index (χ1n) is 5.84. The lowest BCUT2D eigenvalue weighted by Gasteiger charge is -2.10. The standard InChI is InChI=1S/C13H14F2N2OS/c14-13(15)19-11-5-3-10(4-6-11)17-12(18)8-1-2-9(16)7-8/h1-6,8-9,13H,7,16H2,(H,17,18). The van der Waals surface area contributed by atoms with Crippen LogP contribution in [0, 0.1) is 5.92 Å². The molecule has 2 rings (SSSR count). The number of hydrogen-bond acceptors (Lipinski definition) is 3. The van der Waals surface area contributed by atoms with E-state index in [9.17, 15) is 13.6 Å². The lowest BCUT2D eigenvalue weighted by molar-refractivity contribution is -0.118. The molecule has 1 aliphatic rings. The first kappa shape index (κ1) is 14.0. The van der Waals surface area contributed by atoms with Crippen LogP contribution in [0.15, 0.2) is 41.3 Å². The molecule has 1 aromatic rings. The molecule has 0 heterocycles. The maximum Gasteiger partial charge on any atom is 0.288 e. The number of halogens is 2. The van der Waals surface area contributed by atoms with Gasteiger partial charge in [0.2, 0.25) is 5.91 Å². The summed E-state index contributed by atoms with van der Waals surface area (Å²) in [6.07, 6.45) is 4.21. The second-order valence-corrected chi connectivity index (χ2v) is 5.35. The fourth-order valence-corrected chi connectivity index (χ4v) is 2.38. The Morgan fingerprint density at radius 1 is 1.32 bits per heavy atom. The fourth-order valence-electron chi connectivity index (χ4n) is 1.88. The number of amides is 1. The number of benzene rings is 1. The second kappa shape index (κ2) is 6.16. The Labute approximate surface area is 114 Å². The van der Waals surface area contributed by atoms with Gasteiger partial charge in [0.1, 0.15) is 0 Å². The number of carbonyl (C=O) groups is 1. The molecule has 1 aliphatic carbocycles. The van der Waals surface area contributed by atoms with E-state index in [0.29, 0.717) is 28.8 Å². The van der Waals surface area contributed by atoms with E-state index in [1.165, 1.54) is 0 Å². The van der Waals surface area contributed by atoms with Gasteiger partial charge in [-0.3, -0.25) is 4.79 Å². The minimum atomic E-state index is -2.44. The van der Waals surface area contributed by atoms with Gasteiger partial charge in [-0.2, -0.15) is 8.78 Å². The normalized spacial score (nSPS) is 21.9. The van der Waals surface area contributed by atoms with Crippen LogP contribution in [0.2, 0.25) is 0 Å². The maximum atomic E-state index is 12.1. The number of alkyl halides is 2. The van der Waals surface area contributed by atoms with Gasteiger partial charge in [-0.1, -0.05) is 23.9 Å². The topological polar surface area (TPSA) is 55.1 Å². The molecule has 1 aromatic carbocycles. The second-order valence-electron chi connectivity index (χ2n) is 4.28. The van der Waals surface area contributed by atoms with Crippen LogP contribution in [0.1, 0.15) is 6.42 Å². The summed E-state index contributed by atoms with van der Waals surface area (Å²) < 4.78 is 24.3. The van der Waals surface area contributed by atoms with Crippen molar-refractivity contribution in [2.75, 3.05) is 5.32 Å².